The number of aryl methyl sites for hydroxylation is 1. The van der Waals surface area contributed by atoms with Crippen molar-refractivity contribution in [3.05, 3.63) is 35.4 Å². The zero-order valence-corrected chi connectivity index (χ0v) is 10.9. The highest BCUT2D eigenvalue weighted by atomic mass is 16.3. The molecular weight excluding hydrogens is 226 g/mol. The molecule has 0 aromatic heterocycles. The topological polar surface area (TPSA) is 52.5 Å². The maximum atomic E-state index is 9.76. The molecule has 1 unspecified atom stereocenters. The van der Waals surface area contributed by atoms with Gasteiger partial charge in [0.25, 0.3) is 0 Å². The quantitative estimate of drug-likeness (QED) is 0.643. The molecule has 1 aromatic rings. The van der Waals surface area contributed by atoms with Gasteiger partial charge in [0.1, 0.15) is 0 Å². The van der Waals surface area contributed by atoms with Gasteiger partial charge in [0.15, 0.2) is 0 Å². The second-order valence-electron chi connectivity index (χ2n) is 5.11. The molecule has 1 aliphatic carbocycles. The molecule has 0 amide bonds. The fourth-order valence-corrected chi connectivity index (χ4v) is 2.83. The van der Waals surface area contributed by atoms with Crippen LogP contribution in [-0.2, 0) is 12.0 Å². The lowest BCUT2D eigenvalue weighted by Gasteiger charge is -2.30. The first kappa shape index (κ1) is 13.5. The summed E-state index contributed by atoms with van der Waals surface area (Å²) in [6, 6.07) is 8.38. The van der Waals surface area contributed by atoms with Crippen LogP contribution in [0, 0.1) is 0 Å². The van der Waals surface area contributed by atoms with Crippen molar-refractivity contribution in [2.24, 2.45) is 0 Å². The van der Waals surface area contributed by atoms with E-state index in [9.17, 15) is 5.11 Å². The first-order chi connectivity index (χ1) is 8.82. The standard InChI is InChI=1S/C15H23NO2/c17-11-5-1-4-10-16-15(12-18)9-8-13-6-2-3-7-14(13)15/h2-3,6-7,16-18H,1,4-5,8-12H2. The van der Waals surface area contributed by atoms with Gasteiger partial charge in [-0.05, 0) is 49.8 Å². The van der Waals surface area contributed by atoms with E-state index in [-0.39, 0.29) is 18.8 Å². The number of rotatable bonds is 7. The number of fused-ring (bicyclic) bond motifs is 1. The van der Waals surface area contributed by atoms with Crippen LogP contribution in [0.15, 0.2) is 24.3 Å². The van der Waals surface area contributed by atoms with Crippen LogP contribution in [0.3, 0.4) is 0 Å². The van der Waals surface area contributed by atoms with Crippen LogP contribution in [0.25, 0.3) is 0 Å². The first-order valence-corrected chi connectivity index (χ1v) is 6.87. The average Bonchev–Trinajstić information content (AvgIpc) is 2.79. The highest BCUT2D eigenvalue weighted by Gasteiger charge is 2.37. The number of aliphatic hydroxyl groups excluding tert-OH is 2. The Morgan fingerprint density at radius 3 is 2.72 bits per heavy atom. The van der Waals surface area contributed by atoms with Gasteiger partial charge in [0, 0.05) is 6.61 Å². The molecular formula is C15H23NO2. The van der Waals surface area contributed by atoms with Gasteiger partial charge < -0.3 is 15.5 Å². The molecule has 3 N–H and O–H groups in total. The van der Waals surface area contributed by atoms with Gasteiger partial charge in [-0.3, -0.25) is 0 Å². The summed E-state index contributed by atoms with van der Waals surface area (Å²) in [5.74, 6) is 0. The fraction of sp³-hybridized carbons (Fsp3) is 0.600. The Morgan fingerprint density at radius 1 is 1.11 bits per heavy atom. The summed E-state index contributed by atoms with van der Waals surface area (Å²) >= 11 is 0. The minimum Gasteiger partial charge on any atom is -0.396 e. The highest BCUT2D eigenvalue weighted by Crippen LogP contribution is 2.36. The third-order valence-corrected chi connectivity index (χ3v) is 3.92. The molecule has 0 aliphatic heterocycles. The summed E-state index contributed by atoms with van der Waals surface area (Å²) in [6.45, 7) is 1.33. The third kappa shape index (κ3) is 2.74. The predicted molar refractivity (Wildman–Crippen MR) is 72.5 cm³/mol. The molecule has 0 heterocycles. The summed E-state index contributed by atoms with van der Waals surface area (Å²) in [4.78, 5) is 0. The van der Waals surface area contributed by atoms with Crippen molar-refractivity contribution in [3.8, 4) is 0 Å². The van der Waals surface area contributed by atoms with Crippen molar-refractivity contribution < 1.29 is 10.2 Å². The Bertz CT molecular complexity index is 381. The Hall–Kier alpha value is -0.900. The molecule has 2 rings (SSSR count). The van der Waals surface area contributed by atoms with Crippen LogP contribution in [0.2, 0.25) is 0 Å². The van der Waals surface area contributed by atoms with E-state index in [4.69, 9.17) is 5.11 Å². The Morgan fingerprint density at radius 2 is 1.94 bits per heavy atom. The molecule has 1 atom stereocenters. The molecule has 0 fully saturated rings. The normalized spacial score (nSPS) is 22.1. The van der Waals surface area contributed by atoms with E-state index in [1.54, 1.807) is 0 Å². The zero-order chi connectivity index (χ0) is 12.8. The average molecular weight is 249 g/mol. The fourth-order valence-electron chi connectivity index (χ4n) is 2.83. The summed E-state index contributed by atoms with van der Waals surface area (Å²) in [5, 5.41) is 22.0. The lowest BCUT2D eigenvalue weighted by atomic mass is 9.92. The summed E-state index contributed by atoms with van der Waals surface area (Å²) in [7, 11) is 0. The Balaban J connectivity index is 1.96. The first-order valence-electron chi connectivity index (χ1n) is 6.87. The maximum absolute atomic E-state index is 9.76. The minimum atomic E-state index is -0.240. The number of hydrogen-bond donors (Lipinski definition) is 3. The monoisotopic (exact) mass is 249 g/mol. The molecule has 3 heteroatoms. The van der Waals surface area contributed by atoms with Gasteiger partial charge in [0.2, 0.25) is 0 Å². The number of benzene rings is 1. The van der Waals surface area contributed by atoms with Crippen molar-refractivity contribution in [2.45, 2.75) is 37.6 Å². The number of nitrogens with one attached hydrogen (secondary N) is 1. The molecule has 1 aromatic carbocycles. The van der Waals surface area contributed by atoms with Crippen molar-refractivity contribution in [1.82, 2.24) is 5.32 Å². The van der Waals surface area contributed by atoms with Crippen LogP contribution >= 0.6 is 0 Å². The number of hydrogen-bond acceptors (Lipinski definition) is 3. The number of aliphatic hydroxyl groups is 2. The van der Waals surface area contributed by atoms with Gasteiger partial charge in [-0.2, -0.15) is 0 Å². The smallest absolute Gasteiger partial charge is 0.0674 e. The zero-order valence-electron chi connectivity index (χ0n) is 10.9. The van der Waals surface area contributed by atoms with Gasteiger partial charge in [-0.25, -0.2) is 0 Å². The van der Waals surface area contributed by atoms with E-state index >= 15 is 0 Å². The molecule has 0 saturated carbocycles. The van der Waals surface area contributed by atoms with Crippen molar-refractivity contribution in [2.75, 3.05) is 19.8 Å². The van der Waals surface area contributed by atoms with Crippen molar-refractivity contribution >= 4 is 0 Å². The third-order valence-electron chi connectivity index (χ3n) is 3.92. The van der Waals surface area contributed by atoms with E-state index in [1.165, 1.54) is 11.1 Å². The maximum Gasteiger partial charge on any atom is 0.0674 e. The number of unbranched alkanes of at least 4 members (excludes halogenated alkanes) is 2. The molecule has 18 heavy (non-hydrogen) atoms. The lowest BCUT2D eigenvalue weighted by molar-refractivity contribution is 0.159. The van der Waals surface area contributed by atoms with E-state index in [2.05, 4.69) is 23.5 Å². The van der Waals surface area contributed by atoms with Crippen LogP contribution in [0.4, 0.5) is 0 Å². The summed E-state index contributed by atoms with van der Waals surface area (Å²) in [6.07, 6.45) is 4.96. The van der Waals surface area contributed by atoms with Gasteiger partial charge >= 0.3 is 0 Å². The van der Waals surface area contributed by atoms with Crippen LogP contribution < -0.4 is 5.32 Å². The second kappa shape index (κ2) is 6.32. The van der Waals surface area contributed by atoms with Gasteiger partial charge in [0.05, 0.1) is 12.1 Å². The van der Waals surface area contributed by atoms with E-state index < -0.39 is 0 Å². The van der Waals surface area contributed by atoms with Crippen LogP contribution in [0.1, 0.15) is 36.8 Å². The molecule has 0 radical (unpaired) electrons. The molecule has 0 spiro atoms. The summed E-state index contributed by atoms with van der Waals surface area (Å²) < 4.78 is 0. The molecule has 1 aliphatic rings. The summed E-state index contributed by atoms with van der Waals surface area (Å²) in [5.41, 5.74) is 2.37. The van der Waals surface area contributed by atoms with Crippen LogP contribution in [0.5, 0.6) is 0 Å². The Labute approximate surface area is 109 Å². The SMILES string of the molecule is OCCCCCNC1(CO)CCc2ccccc21. The van der Waals surface area contributed by atoms with E-state index in [1.807, 2.05) is 6.07 Å². The second-order valence-corrected chi connectivity index (χ2v) is 5.11. The van der Waals surface area contributed by atoms with E-state index in [0.29, 0.717) is 0 Å². The molecule has 0 bridgehead atoms. The lowest BCUT2D eigenvalue weighted by Crippen LogP contribution is -2.44. The van der Waals surface area contributed by atoms with Crippen LogP contribution in [-0.4, -0.2) is 30.0 Å². The molecule has 0 saturated heterocycles. The minimum absolute atomic E-state index is 0.157. The largest absolute Gasteiger partial charge is 0.396 e. The molecule has 100 valence electrons. The molecule has 3 nitrogen and oxygen atoms in total. The predicted octanol–water partition coefficient (Wildman–Crippen LogP) is 1.57. The van der Waals surface area contributed by atoms with Crippen molar-refractivity contribution in [1.29, 1.82) is 0 Å². The van der Waals surface area contributed by atoms with Crippen molar-refractivity contribution in [3.63, 3.8) is 0 Å². The van der Waals surface area contributed by atoms with E-state index in [0.717, 1.165) is 38.6 Å². The van der Waals surface area contributed by atoms with Gasteiger partial charge in [-0.15, -0.1) is 0 Å². The Kier molecular flexibility index (Phi) is 4.75. The highest BCUT2D eigenvalue weighted by molar-refractivity contribution is 5.38. The van der Waals surface area contributed by atoms with Gasteiger partial charge in [-0.1, -0.05) is 24.3 Å².